The number of carbonyl (C=O) groups excluding carboxylic acids is 1. The largest absolute Gasteiger partial charge is 0.388 e. The topological polar surface area (TPSA) is 154 Å². The number of aromatic nitrogens is 5. The number of pyridine rings is 1. The minimum atomic E-state index is -1.33. The van der Waals surface area contributed by atoms with Gasteiger partial charge in [-0.3, -0.25) is 23.7 Å². The van der Waals surface area contributed by atoms with Crippen LogP contribution in [0.1, 0.15) is 10.4 Å². The van der Waals surface area contributed by atoms with Crippen LogP contribution in [0.5, 0.6) is 0 Å². The molecule has 0 aromatic carbocycles. The average Bonchev–Trinajstić information content (AvgIpc) is 3.20. The highest BCUT2D eigenvalue weighted by atomic mass is 16.5. The molecule has 1 aliphatic heterocycles. The Morgan fingerprint density at radius 3 is 2.74 bits per heavy atom. The zero-order valence-corrected chi connectivity index (χ0v) is 16.9. The predicted octanol–water partition coefficient (Wildman–Crippen LogP) is -2.25. The molecule has 164 valence electrons. The van der Waals surface area contributed by atoms with Gasteiger partial charge in [-0.25, -0.2) is 9.78 Å². The molecule has 4 rings (SSSR count). The molecule has 0 spiro atoms. The smallest absolute Gasteiger partial charge is 0.332 e. The lowest BCUT2D eigenvalue weighted by Crippen LogP contribution is -2.60. The van der Waals surface area contributed by atoms with Gasteiger partial charge in [-0.05, 0) is 12.1 Å². The molecule has 4 atom stereocenters. The number of aliphatic hydroxyl groups excluding tert-OH is 2. The number of nitrogens with one attached hydrogen (secondary N) is 1. The molecule has 1 fully saturated rings. The van der Waals surface area contributed by atoms with Crippen LogP contribution in [0, 0.1) is 0 Å². The van der Waals surface area contributed by atoms with Crippen molar-refractivity contribution in [3.05, 3.63) is 57.3 Å². The van der Waals surface area contributed by atoms with Gasteiger partial charge in [0.25, 0.3) is 11.5 Å². The molecule has 4 heterocycles. The van der Waals surface area contributed by atoms with Crippen molar-refractivity contribution in [1.82, 2.24) is 29.0 Å². The molecule has 0 radical (unpaired) electrons. The third-order valence-electron chi connectivity index (χ3n) is 5.46. The predicted molar refractivity (Wildman–Crippen MR) is 107 cm³/mol. The van der Waals surface area contributed by atoms with Crippen molar-refractivity contribution in [3.63, 3.8) is 0 Å². The summed E-state index contributed by atoms with van der Waals surface area (Å²) < 4.78 is 9.47. The number of imidazole rings is 1. The number of hydrogen-bond acceptors (Lipinski definition) is 8. The van der Waals surface area contributed by atoms with Gasteiger partial charge in [0, 0.05) is 26.5 Å². The van der Waals surface area contributed by atoms with Crippen molar-refractivity contribution in [2.24, 2.45) is 14.1 Å². The molecule has 12 nitrogen and oxygen atoms in total. The molecule has 31 heavy (non-hydrogen) atoms. The van der Waals surface area contributed by atoms with Crippen LogP contribution >= 0.6 is 0 Å². The van der Waals surface area contributed by atoms with Crippen LogP contribution in [0.4, 0.5) is 0 Å². The summed E-state index contributed by atoms with van der Waals surface area (Å²) in [6.45, 7) is 0.000662. The number of nitrogens with zero attached hydrogens (tertiary/aromatic N) is 5. The number of aryl methyl sites for hydroxylation is 1. The Balaban J connectivity index is 1.51. The first kappa shape index (κ1) is 20.9. The summed E-state index contributed by atoms with van der Waals surface area (Å²) in [7, 11) is 2.88. The van der Waals surface area contributed by atoms with Gasteiger partial charge in [0.15, 0.2) is 5.52 Å². The summed E-state index contributed by atoms with van der Waals surface area (Å²) in [5, 5.41) is 23.7. The van der Waals surface area contributed by atoms with Gasteiger partial charge in [-0.2, -0.15) is 0 Å². The number of rotatable bonds is 4. The van der Waals surface area contributed by atoms with Crippen LogP contribution in [-0.4, -0.2) is 70.8 Å². The summed E-state index contributed by atoms with van der Waals surface area (Å²) in [4.78, 5) is 44.8. The van der Waals surface area contributed by atoms with E-state index in [0.29, 0.717) is 5.56 Å². The number of carbonyl (C=O) groups is 1. The molecule has 0 saturated carbocycles. The maximum atomic E-state index is 12.3. The number of aliphatic hydroxyl groups is 2. The van der Waals surface area contributed by atoms with Crippen LogP contribution in [-0.2, 0) is 25.4 Å². The Kier molecular flexibility index (Phi) is 5.43. The lowest BCUT2D eigenvalue weighted by Gasteiger charge is -2.38. The molecule has 0 unspecified atom stereocenters. The Morgan fingerprint density at radius 1 is 1.26 bits per heavy atom. The first-order chi connectivity index (χ1) is 14.8. The number of fused-ring (bicyclic) bond motifs is 1. The fraction of sp³-hybridized carbons (Fsp3) is 0.421. The molecule has 12 heteroatoms. The highest BCUT2D eigenvalue weighted by Gasteiger charge is 2.39. The van der Waals surface area contributed by atoms with E-state index in [-0.39, 0.29) is 24.3 Å². The van der Waals surface area contributed by atoms with Crippen LogP contribution in [0.15, 0.2) is 40.4 Å². The van der Waals surface area contributed by atoms with Crippen LogP contribution in [0.25, 0.3) is 11.2 Å². The van der Waals surface area contributed by atoms with E-state index in [2.05, 4.69) is 15.3 Å². The van der Waals surface area contributed by atoms with E-state index in [9.17, 15) is 24.6 Å². The fourth-order valence-electron chi connectivity index (χ4n) is 3.69. The lowest BCUT2D eigenvalue weighted by atomic mass is 9.97. The molecule has 3 aromatic heterocycles. The summed E-state index contributed by atoms with van der Waals surface area (Å²) >= 11 is 0. The zero-order valence-electron chi connectivity index (χ0n) is 16.9. The zero-order chi connectivity index (χ0) is 22.3. The SMILES string of the molecule is Cn1c(=O)c2ncn(C[C@H]3OC[C@@H](NC(=O)c4cccnc4)[C@H](O)[C@@H]3O)c2n(C)c1=O. The van der Waals surface area contributed by atoms with E-state index in [1.807, 2.05) is 0 Å². The Bertz CT molecular complexity index is 1230. The van der Waals surface area contributed by atoms with Crippen LogP contribution in [0.3, 0.4) is 0 Å². The van der Waals surface area contributed by atoms with Gasteiger partial charge in [-0.1, -0.05) is 0 Å². The second-order valence-electron chi connectivity index (χ2n) is 7.45. The first-order valence-corrected chi connectivity index (χ1v) is 9.59. The average molecular weight is 430 g/mol. The maximum absolute atomic E-state index is 12.3. The standard InChI is InChI=1S/C19H22N6O6/c1-23-17-13(18(29)24(2)19(23)30)21-9-25(17)7-12-15(27)14(26)11(8-31-12)22-16(28)10-4-3-5-20-6-10/h3-6,9,11-12,14-15,26-27H,7-8H2,1-2H3,(H,22,28)/t11-,12-,14+,15-/m1/s1. The molecule has 0 aliphatic carbocycles. The minimum absolute atomic E-state index is 0.0395. The van der Waals surface area contributed by atoms with Crippen molar-refractivity contribution < 1.29 is 19.7 Å². The van der Waals surface area contributed by atoms with Crippen molar-refractivity contribution >= 4 is 17.1 Å². The third kappa shape index (κ3) is 3.65. The second-order valence-corrected chi connectivity index (χ2v) is 7.45. The molecular formula is C19H22N6O6. The van der Waals surface area contributed by atoms with E-state index < -0.39 is 41.5 Å². The molecule has 0 bridgehead atoms. The number of ether oxygens (including phenoxy) is 1. The normalized spacial score (nSPS) is 23.7. The van der Waals surface area contributed by atoms with Crippen molar-refractivity contribution in [2.75, 3.05) is 6.61 Å². The third-order valence-corrected chi connectivity index (χ3v) is 5.46. The Hall–Kier alpha value is -3.35. The first-order valence-electron chi connectivity index (χ1n) is 9.59. The lowest BCUT2D eigenvalue weighted by molar-refractivity contribution is -0.152. The van der Waals surface area contributed by atoms with Gasteiger partial charge in [-0.15, -0.1) is 0 Å². The summed E-state index contributed by atoms with van der Waals surface area (Å²) in [5.41, 5.74) is -0.330. The maximum Gasteiger partial charge on any atom is 0.332 e. The van der Waals surface area contributed by atoms with Crippen LogP contribution in [0.2, 0.25) is 0 Å². The quantitative estimate of drug-likeness (QED) is 0.419. The van der Waals surface area contributed by atoms with Crippen molar-refractivity contribution in [3.8, 4) is 0 Å². The van der Waals surface area contributed by atoms with Gasteiger partial charge >= 0.3 is 5.69 Å². The molecule has 1 saturated heterocycles. The van der Waals surface area contributed by atoms with E-state index in [4.69, 9.17) is 4.74 Å². The van der Waals surface area contributed by atoms with Gasteiger partial charge < -0.3 is 24.8 Å². The minimum Gasteiger partial charge on any atom is -0.388 e. The monoisotopic (exact) mass is 430 g/mol. The van der Waals surface area contributed by atoms with E-state index in [1.165, 1.54) is 42.0 Å². The van der Waals surface area contributed by atoms with Crippen molar-refractivity contribution in [2.45, 2.75) is 30.9 Å². The van der Waals surface area contributed by atoms with Gasteiger partial charge in [0.05, 0.1) is 31.1 Å². The number of hydrogen-bond donors (Lipinski definition) is 3. The summed E-state index contributed by atoms with van der Waals surface area (Å²) in [6.07, 6.45) is 0.848. The highest BCUT2D eigenvalue weighted by Crippen LogP contribution is 2.19. The molecule has 3 N–H and O–H groups in total. The summed E-state index contributed by atoms with van der Waals surface area (Å²) in [6, 6.07) is 2.37. The molecular weight excluding hydrogens is 408 g/mol. The van der Waals surface area contributed by atoms with E-state index in [0.717, 1.165) is 4.57 Å². The molecule has 3 aromatic rings. The second kappa shape index (κ2) is 8.06. The molecule has 1 aliphatic rings. The van der Waals surface area contributed by atoms with Crippen LogP contribution < -0.4 is 16.6 Å². The Labute approximate surface area is 175 Å². The number of amides is 1. The summed E-state index contributed by atoms with van der Waals surface area (Å²) in [5.74, 6) is -0.446. The van der Waals surface area contributed by atoms with Crippen molar-refractivity contribution in [1.29, 1.82) is 0 Å². The van der Waals surface area contributed by atoms with Gasteiger partial charge in [0.1, 0.15) is 24.0 Å². The van der Waals surface area contributed by atoms with Gasteiger partial charge in [0.2, 0.25) is 0 Å². The van der Waals surface area contributed by atoms with E-state index >= 15 is 0 Å². The highest BCUT2D eigenvalue weighted by molar-refractivity contribution is 5.94. The Morgan fingerprint density at radius 2 is 2.03 bits per heavy atom. The molecule has 1 amide bonds. The fourth-order valence-corrected chi connectivity index (χ4v) is 3.69. The van der Waals surface area contributed by atoms with E-state index in [1.54, 1.807) is 12.1 Å².